The molecule has 90 valence electrons. The summed E-state index contributed by atoms with van der Waals surface area (Å²) >= 11 is 0. The maximum Gasteiger partial charge on any atom is 0.429 e. The largest absolute Gasteiger partial charge is 0.478 e. The summed E-state index contributed by atoms with van der Waals surface area (Å²) in [5, 5.41) is 8.72. The lowest BCUT2D eigenvalue weighted by atomic mass is 10.1. The number of carboxylic acid groups (broad SMARTS) is 1. The summed E-state index contributed by atoms with van der Waals surface area (Å²) in [4.78, 5) is 10.7. The third-order valence-electron chi connectivity index (χ3n) is 2.28. The van der Waals surface area contributed by atoms with Crippen LogP contribution in [0.4, 0.5) is 13.2 Å². The minimum atomic E-state index is -4.47. The number of ether oxygens (including phenoxy) is 1. The number of halogens is 3. The van der Waals surface area contributed by atoms with E-state index in [1.54, 1.807) is 0 Å². The minimum absolute atomic E-state index is 0.00228. The lowest BCUT2D eigenvalue weighted by Gasteiger charge is -2.23. The van der Waals surface area contributed by atoms with Crippen LogP contribution in [0.5, 0.6) is 5.75 Å². The molecule has 1 aliphatic rings. The first-order valence-electron chi connectivity index (χ1n) is 4.67. The van der Waals surface area contributed by atoms with E-state index < -0.39 is 18.2 Å². The molecular weight excluding hydrogens is 237 g/mol. The molecule has 1 heterocycles. The van der Waals surface area contributed by atoms with Crippen molar-refractivity contribution in [1.29, 1.82) is 0 Å². The van der Waals surface area contributed by atoms with Gasteiger partial charge in [0.25, 0.3) is 0 Å². The van der Waals surface area contributed by atoms with E-state index in [4.69, 9.17) is 9.84 Å². The molecule has 2 rings (SSSR count). The van der Waals surface area contributed by atoms with Gasteiger partial charge in [-0.2, -0.15) is 13.2 Å². The topological polar surface area (TPSA) is 46.5 Å². The molecule has 1 aromatic rings. The predicted molar refractivity (Wildman–Crippen MR) is 52.9 cm³/mol. The van der Waals surface area contributed by atoms with Crippen LogP contribution in [0, 0.1) is 0 Å². The lowest BCUT2D eigenvalue weighted by molar-refractivity contribution is -0.180. The summed E-state index contributed by atoms with van der Waals surface area (Å²) in [7, 11) is 0. The molecule has 0 spiro atoms. The SMILES string of the molecule is O=C(O)c1ccc2c(c1)C=CC(C(F)(F)F)O2. The van der Waals surface area contributed by atoms with Crippen molar-refractivity contribution in [2.24, 2.45) is 0 Å². The van der Waals surface area contributed by atoms with E-state index in [0.717, 1.165) is 6.08 Å². The molecule has 1 unspecified atom stereocenters. The number of benzene rings is 1. The fraction of sp³-hybridized carbons (Fsp3) is 0.182. The Balaban J connectivity index is 2.33. The Labute approximate surface area is 94.1 Å². The molecule has 1 atom stereocenters. The van der Waals surface area contributed by atoms with Gasteiger partial charge < -0.3 is 9.84 Å². The Kier molecular flexibility index (Phi) is 2.57. The Hall–Kier alpha value is -1.98. The molecule has 1 N–H and O–H groups in total. The van der Waals surface area contributed by atoms with E-state index in [1.165, 1.54) is 24.3 Å². The smallest absolute Gasteiger partial charge is 0.429 e. The van der Waals surface area contributed by atoms with Gasteiger partial charge in [-0.3, -0.25) is 0 Å². The van der Waals surface area contributed by atoms with Crippen LogP contribution in [0.1, 0.15) is 15.9 Å². The van der Waals surface area contributed by atoms with Crippen LogP contribution in [-0.4, -0.2) is 23.4 Å². The van der Waals surface area contributed by atoms with Crippen LogP contribution in [0.25, 0.3) is 6.08 Å². The van der Waals surface area contributed by atoms with Crippen LogP contribution in [0.3, 0.4) is 0 Å². The van der Waals surface area contributed by atoms with Gasteiger partial charge in [-0.15, -0.1) is 0 Å². The third kappa shape index (κ3) is 2.25. The zero-order chi connectivity index (χ0) is 12.6. The molecule has 0 aliphatic carbocycles. The zero-order valence-corrected chi connectivity index (χ0v) is 8.36. The highest BCUT2D eigenvalue weighted by atomic mass is 19.4. The van der Waals surface area contributed by atoms with Crippen LogP contribution in [-0.2, 0) is 0 Å². The summed E-state index contributed by atoms with van der Waals surface area (Å²) in [6.45, 7) is 0. The summed E-state index contributed by atoms with van der Waals surface area (Å²) < 4.78 is 41.8. The minimum Gasteiger partial charge on any atom is -0.478 e. The van der Waals surface area contributed by atoms with Crippen molar-refractivity contribution in [2.45, 2.75) is 12.3 Å². The quantitative estimate of drug-likeness (QED) is 0.826. The van der Waals surface area contributed by atoms with Gasteiger partial charge in [0, 0.05) is 5.56 Å². The second-order valence-electron chi connectivity index (χ2n) is 3.50. The summed E-state index contributed by atoms with van der Waals surface area (Å²) in [6, 6.07) is 3.69. The van der Waals surface area contributed by atoms with Gasteiger partial charge in [0.1, 0.15) is 5.75 Å². The molecule has 6 heteroatoms. The Bertz CT molecular complexity index is 491. The molecule has 3 nitrogen and oxygen atoms in total. The van der Waals surface area contributed by atoms with Gasteiger partial charge in [0.15, 0.2) is 0 Å². The maximum absolute atomic E-state index is 12.4. The molecule has 0 saturated carbocycles. The van der Waals surface area contributed by atoms with Gasteiger partial charge in [0.05, 0.1) is 5.56 Å². The zero-order valence-electron chi connectivity index (χ0n) is 8.36. The highest BCUT2D eigenvalue weighted by Gasteiger charge is 2.41. The molecule has 0 radical (unpaired) electrons. The van der Waals surface area contributed by atoms with Crippen LogP contribution < -0.4 is 4.74 Å². The monoisotopic (exact) mass is 244 g/mol. The standard InChI is InChI=1S/C11H7F3O3/c12-11(13,14)9-4-2-6-5-7(10(15)16)1-3-8(6)17-9/h1-5,9H,(H,15,16). The number of aromatic carboxylic acids is 1. The van der Waals surface area contributed by atoms with Crippen molar-refractivity contribution >= 4 is 12.0 Å². The van der Waals surface area contributed by atoms with Crippen LogP contribution in [0.15, 0.2) is 24.3 Å². The van der Waals surface area contributed by atoms with Crippen LogP contribution in [0.2, 0.25) is 0 Å². The number of fused-ring (bicyclic) bond motifs is 1. The first kappa shape index (κ1) is 11.5. The molecule has 17 heavy (non-hydrogen) atoms. The maximum atomic E-state index is 12.4. The fourth-order valence-corrected chi connectivity index (χ4v) is 1.46. The number of rotatable bonds is 1. The number of hydrogen-bond acceptors (Lipinski definition) is 2. The Morgan fingerprint density at radius 2 is 2.06 bits per heavy atom. The average Bonchev–Trinajstić information content (AvgIpc) is 2.26. The second-order valence-corrected chi connectivity index (χ2v) is 3.50. The van der Waals surface area contributed by atoms with Crippen molar-refractivity contribution in [2.75, 3.05) is 0 Å². The number of alkyl halides is 3. The lowest BCUT2D eigenvalue weighted by Crippen LogP contribution is -2.33. The number of carboxylic acids is 1. The van der Waals surface area contributed by atoms with Gasteiger partial charge >= 0.3 is 12.1 Å². The summed E-state index contributed by atoms with van der Waals surface area (Å²) in [5.74, 6) is -1.11. The summed E-state index contributed by atoms with van der Waals surface area (Å²) in [6.07, 6.45) is -4.39. The van der Waals surface area contributed by atoms with Crippen molar-refractivity contribution in [3.8, 4) is 5.75 Å². The number of hydrogen-bond donors (Lipinski definition) is 1. The average molecular weight is 244 g/mol. The predicted octanol–water partition coefficient (Wildman–Crippen LogP) is 2.72. The van der Waals surface area contributed by atoms with Crippen LogP contribution >= 0.6 is 0 Å². The molecule has 1 aromatic carbocycles. The van der Waals surface area contributed by atoms with Crippen molar-refractivity contribution < 1.29 is 27.8 Å². The van der Waals surface area contributed by atoms with E-state index in [2.05, 4.69) is 0 Å². The van der Waals surface area contributed by atoms with Crippen molar-refractivity contribution in [1.82, 2.24) is 0 Å². The van der Waals surface area contributed by atoms with Crippen molar-refractivity contribution in [3.05, 3.63) is 35.4 Å². The van der Waals surface area contributed by atoms with E-state index in [0.29, 0.717) is 5.56 Å². The van der Waals surface area contributed by atoms with Crippen molar-refractivity contribution in [3.63, 3.8) is 0 Å². The Morgan fingerprint density at radius 3 is 2.65 bits per heavy atom. The van der Waals surface area contributed by atoms with Gasteiger partial charge in [-0.1, -0.05) is 6.08 Å². The molecular formula is C11H7F3O3. The van der Waals surface area contributed by atoms with Gasteiger partial charge in [-0.25, -0.2) is 4.79 Å². The third-order valence-corrected chi connectivity index (χ3v) is 2.28. The Morgan fingerprint density at radius 1 is 1.35 bits per heavy atom. The summed E-state index contributed by atoms with van der Waals surface area (Å²) in [5.41, 5.74) is 0.327. The second kappa shape index (κ2) is 3.80. The van der Waals surface area contributed by atoms with Gasteiger partial charge in [-0.05, 0) is 24.3 Å². The molecule has 0 saturated heterocycles. The first-order valence-corrected chi connectivity index (χ1v) is 4.67. The molecule has 0 bridgehead atoms. The highest BCUT2D eigenvalue weighted by molar-refractivity contribution is 5.89. The molecule has 0 fully saturated rings. The molecule has 0 aromatic heterocycles. The fourth-order valence-electron chi connectivity index (χ4n) is 1.46. The number of carbonyl (C=O) groups is 1. The van der Waals surface area contributed by atoms with Gasteiger partial charge in [0.2, 0.25) is 6.10 Å². The molecule has 1 aliphatic heterocycles. The highest BCUT2D eigenvalue weighted by Crippen LogP contribution is 2.33. The van der Waals surface area contributed by atoms with E-state index in [-0.39, 0.29) is 11.3 Å². The first-order chi connectivity index (χ1) is 7.88. The normalized spacial score (nSPS) is 18.4. The van der Waals surface area contributed by atoms with E-state index >= 15 is 0 Å². The molecule has 0 amide bonds. The van der Waals surface area contributed by atoms with E-state index in [9.17, 15) is 18.0 Å². The van der Waals surface area contributed by atoms with E-state index in [1.807, 2.05) is 0 Å².